The van der Waals surface area contributed by atoms with Gasteiger partial charge >= 0.3 is 0 Å². The van der Waals surface area contributed by atoms with Crippen LogP contribution in [-0.2, 0) is 0 Å². The smallest absolute Gasteiger partial charge is 0.191 e. The van der Waals surface area contributed by atoms with E-state index in [1.54, 1.807) is 0 Å². The summed E-state index contributed by atoms with van der Waals surface area (Å²) in [6, 6.07) is 5.46. The fourth-order valence-electron chi connectivity index (χ4n) is 0.852. The van der Waals surface area contributed by atoms with Gasteiger partial charge in [-0.05, 0) is 12.1 Å². The number of oxime groups is 1. The Morgan fingerprint density at radius 1 is 1.62 bits per heavy atom. The number of hydrogen-bond acceptors (Lipinski definition) is 3. The van der Waals surface area contributed by atoms with Gasteiger partial charge in [0.2, 0.25) is 0 Å². The first-order valence-electron chi connectivity index (χ1n) is 3.27. The van der Waals surface area contributed by atoms with E-state index in [0.717, 1.165) is 6.07 Å². The lowest BCUT2D eigenvalue weighted by molar-refractivity contribution is 0.320. The van der Waals surface area contributed by atoms with E-state index in [1.165, 1.54) is 18.2 Å². The van der Waals surface area contributed by atoms with E-state index in [0.29, 0.717) is 0 Å². The average Bonchev–Trinajstić information content (AvgIpc) is 2.11. The van der Waals surface area contributed by atoms with Gasteiger partial charge in [0.1, 0.15) is 11.9 Å². The maximum absolute atomic E-state index is 13.0. The van der Waals surface area contributed by atoms with Gasteiger partial charge in [-0.15, -0.1) is 0 Å². The largest absolute Gasteiger partial charge is 0.410 e. The number of rotatable bonds is 1. The number of benzene rings is 1. The van der Waals surface area contributed by atoms with Crippen LogP contribution in [0.25, 0.3) is 0 Å². The van der Waals surface area contributed by atoms with E-state index >= 15 is 0 Å². The van der Waals surface area contributed by atoms with Crippen LogP contribution in [0, 0.1) is 17.1 Å². The topological polar surface area (TPSA) is 56.4 Å². The van der Waals surface area contributed by atoms with Gasteiger partial charge in [0.25, 0.3) is 0 Å². The maximum atomic E-state index is 13.0. The van der Waals surface area contributed by atoms with Crippen LogP contribution in [0.4, 0.5) is 4.39 Å². The third kappa shape index (κ3) is 1.76. The van der Waals surface area contributed by atoms with Crippen LogP contribution < -0.4 is 0 Å². The van der Waals surface area contributed by atoms with E-state index in [2.05, 4.69) is 5.16 Å². The van der Waals surface area contributed by atoms with Crippen molar-refractivity contribution in [1.82, 2.24) is 0 Å². The molecule has 5 heteroatoms. The monoisotopic (exact) mass is 198 g/mol. The van der Waals surface area contributed by atoms with Crippen LogP contribution in [0.5, 0.6) is 0 Å². The molecule has 0 saturated heterocycles. The van der Waals surface area contributed by atoms with E-state index in [1.807, 2.05) is 0 Å². The minimum Gasteiger partial charge on any atom is -0.410 e. The van der Waals surface area contributed by atoms with Crippen molar-refractivity contribution in [3.63, 3.8) is 0 Å². The van der Waals surface area contributed by atoms with Gasteiger partial charge in [-0.3, -0.25) is 0 Å². The van der Waals surface area contributed by atoms with Crippen LogP contribution in [0.2, 0.25) is 5.02 Å². The minimum absolute atomic E-state index is 0.0364. The molecule has 0 aliphatic heterocycles. The molecule has 13 heavy (non-hydrogen) atoms. The van der Waals surface area contributed by atoms with Gasteiger partial charge < -0.3 is 5.21 Å². The van der Waals surface area contributed by atoms with Crippen molar-refractivity contribution in [1.29, 1.82) is 5.26 Å². The molecule has 0 radical (unpaired) electrons. The molecule has 0 aliphatic carbocycles. The van der Waals surface area contributed by atoms with Crippen LogP contribution >= 0.6 is 11.6 Å². The predicted molar refractivity (Wildman–Crippen MR) is 45.3 cm³/mol. The molecule has 0 unspecified atom stereocenters. The number of nitrogens with zero attached hydrogens (tertiary/aromatic N) is 2. The Morgan fingerprint density at radius 2 is 2.31 bits per heavy atom. The molecule has 66 valence electrons. The first-order valence-corrected chi connectivity index (χ1v) is 3.65. The van der Waals surface area contributed by atoms with Crippen molar-refractivity contribution in [2.45, 2.75) is 0 Å². The Bertz CT molecular complexity index is 377. The van der Waals surface area contributed by atoms with Crippen LogP contribution in [0.15, 0.2) is 23.4 Å². The van der Waals surface area contributed by atoms with Crippen molar-refractivity contribution in [3.8, 4) is 6.07 Å². The number of nitriles is 1. The molecule has 1 aromatic carbocycles. The van der Waals surface area contributed by atoms with Crippen molar-refractivity contribution >= 4 is 17.3 Å². The SMILES string of the molecule is N#CC(=NO)c1c(F)cccc1Cl. The summed E-state index contributed by atoms with van der Waals surface area (Å²) in [4.78, 5) is 0. The Morgan fingerprint density at radius 3 is 2.77 bits per heavy atom. The highest BCUT2D eigenvalue weighted by Crippen LogP contribution is 2.19. The molecule has 0 fully saturated rings. The maximum Gasteiger partial charge on any atom is 0.191 e. The zero-order valence-electron chi connectivity index (χ0n) is 6.33. The highest BCUT2D eigenvalue weighted by molar-refractivity contribution is 6.35. The molecule has 0 amide bonds. The van der Waals surface area contributed by atoms with Crippen LogP contribution in [0.3, 0.4) is 0 Å². The molecule has 0 bridgehead atoms. The highest BCUT2D eigenvalue weighted by atomic mass is 35.5. The Hall–Kier alpha value is -1.60. The molecule has 0 aliphatic rings. The van der Waals surface area contributed by atoms with Gasteiger partial charge in [0.15, 0.2) is 5.71 Å². The lowest BCUT2D eigenvalue weighted by Crippen LogP contribution is -2.01. The molecular weight excluding hydrogens is 195 g/mol. The summed E-state index contributed by atoms with van der Waals surface area (Å²) in [6.45, 7) is 0. The lowest BCUT2D eigenvalue weighted by Gasteiger charge is -2.00. The zero-order chi connectivity index (χ0) is 9.84. The summed E-state index contributed by atoms with van der Waals surface area (Å²) < 4.78 is 13.0. The molecular formula is C8H4ClFN2O. The lowest BCUT2D eigenvalue weighted by atomic mass is 10.1. The molecule has 0 heterocycles. The van der Waals surface area contributed by atoms with Crippen LogP contribution in [0.1, 0.15) is 5.56 Å². The molecule has 0 saturated carbocycles. The summed E-state index contributed by atoms with van der Waals surface area (Å²) in [5.74, 6) is -0.693. The zero-order valence-corrected chi connectivity index (χ0v) is 7.09. The van der Waals surface area contributed by atoms with Gasteiger partial charge in [-0.25, -0.2) is 4.39 Å². The van der Waals surface area contributed by atoms with Gasteiger partial charge in [-0.1, -0.05) is 22.8 Å². The quantitative estimate of drug-likeness (QED) is 0.427. The summed E-state index contributed by atoms with van der Waals surface area (Å²) >= 11 is 5.60. The number of hydrogen-bond donors (Lipinski definition) is 1. The highest BCUT2D eigenvalue weighted by Gasteiger charge is 2.13. The second kappa shape index (κ2) is 3.87. The molecule has 1 aromatic rings. The molecule has 3 nitrogen and oxygen atoms in total. The van der Waals surface area contributed by atoms with Gasteiger partial charge in [0, 0.05) is 0 Å². The molecule has 1 rings (SSSR count). The van der Waals surface area contributed by atoms with E-state index in [-0.39, 0.29) is 10.6 Å². The molecule has 0 aromatic heterocycles. The molecule has 1 N–H and O–H groups in total. The first kappa shape index (κ1) is 9.49. The second-order valence-corrected chi connectivity index (χ2v) is 2.56. The Labute approximate surface area is 78.7 Å². The van der Waals surface area contributed by atoms with E-state index in [9.17, 15) is 4.39 Å². The third-order valence-corrected chi connectivity index (χ3v) is 1.72. The van der Waals surface area contributed by atoms with Crippen molar-refractivity contribution < 1.29 is 9.60 Å². The Balaban J connectivity index is 3.38. The summed E-state index contributed by atoms with van der Waals surface area (Å²) in [6.07, 6.45) is 0. The predicted octanol–water partition coefficient (Wildman–Crippen LogP) is 2.18. The molecule has 0 atom stereocenters. The normalized spacial score (nSPS) is 11.0. The van der Waals surface area contributed by atoms with Crippen molar-refractivity contribution in [2.24, 2.45) is 5.16 Å². The van der Waals surface area contributed by atoms with Crippen molar-refractivity contribution in [3.05, 3.63) is 34.6 Å². The minimum atomic E-state index is -0.693. The summed E-state index contributed by atoms with van der Waals surface area (Å²) in [5.41, 5.74) is -0.628. The molecule has 0 spiro atoms. The van der Waals surface area contributed by atoms with E-state index < -0.39 is 11.5 Å². The standard InChI is InChI=1S/C8H4ClFN2O/c9-5-2-1-3-6(10)8(5)7(4-11)12-13/h1-3,13H. The van der Waals surface area contributed by atoms with Crippen molar-refractivity contribution in [2.75, 3.05) is 0 Å². The van der Waals surface area contributed by atoms with E-state index in [4.69, 9.17) is 22.1 Å². The average molecular weight is 199 g/mol. The fraction of sp³-hybridized carbons (Fsp3) is 0. The van der Waals surface area contributed by atoms with Gasteiger partial charge in [0.05, 0.1) is 10.6 Å². The summed E-state index contributed by atoms with van der Waals surface area (Å²) in [5, 5.41) is 19.5. The second-order valence-electron chi connectivity index (χ2n) is 2.16. The Kier molecular flexibility index (Phi) is 2.83. The number of halogens is 2. The fourth-order valence-corrected chi connectivity index (χ4v) is 1.10. The first-order chi connectivity index (χ1) is 6.20. The third-order valence-electron chi connectivity index (χ3n) is 1.41. The van der Waals surface area contributed by atoms with Crippen LogP contribution in [-0.4, -0.2) is 10.9 Å². The summed E-state index contributed by atoms with van der Waals surface area (Å²) in [7, 11) is 0. The van der Waals surface area contributed by atoms with Gasteiger partial charge in [-0.2, -0.15) is 5.26 Å².